The molecule has 0 aliphatic heterocycles. The smallest absolute Gasteiger partial charge is 0.342 e. The number of aromatic amines is 2. The number of nitrogens with one attached hydrogen (secondary N) is 2. The maximum Gasteiger partial charge on any atom is 0.347 e. The van der Waals surface area contributed by atoms with E-state index < -0.39 is 0 Å². The van der Waals surface area contributed by atoms with Gasteiger partial charge in [0, 0.05) is 12.8 Å². The predicted molar refractivity (Wildman–Crippen MR) is 92.4 cm³/mol. The summed E-state index contributed by atoms with van der Waals surface area (Å²) in [6.07, 6.45) is 1.30. The molecule has 24 heavy (non-hydrogen) atoms. The lowest BCUT2D eigenvalue weighted by Crippen LogP contribution is -2.17. The van der Waals surface area contributed by atoms with Gasteiger partial charge in [0.05, 0.1) is 16.7 Å². The van der Waals surface area contributed by atoms with Gasteiger partial charge in [0.15, 0.2) is 0 Å². The number of rotatable bonds is 4. The summed E-state index contributed by atoms with van der Waals surface area (Å²) in [6, 6.07) is 15.8. The zero-order valence-electron chi connectivity index (χ0n) is 13.3. The molecule has 120 valence electrons. The van der Waals surface area contributed by atoms with Crippen molar-refractivity contribution in [3.8, 4) is 5.69 Å². The second kappa shape index (κ2) is 5.81. The van der Waals surface area contributed by atoms with Crippen molar-refractivity contribution in [3.05, 3.63) is 76.2 Å². The van der Waals surface area contributed by atoms with Crippen molar-refractivity contribution in [1.29, 1.82) is 0 Å². The molecule has 2 aromatic carbocycles. The van der Waals surface area contributed by atoms with E-state index in [0.29, 0.717) is 18.7 Å². The van der Waals surface area contributed by atoms with Crippen LogP contribution in [0.15, 0.2) is 53.3 Å². The van der Waals surface area contributed by atoms with Crippen LogP contribution < -0.4 is 5.69 Å². The summed E-state index contributed by atoms with van der Waals surface area (Å²) < 4.78 is 1.62. The highest BCUT2D eigenvalue weighted by Gasteiger charge is 2.12. The van der Waals surface area contributed by atoms with E-state index in [0.717, 1.165) is 28.1 Å². The summed E-state index contributed by atoms with van der Waals surface area (Å²) in [5.74, 6) is 1.59. The van der Waals surface area contributed by atoms with E-state index >= 15 is 0 Å². The molecule has 0 saturated carbocycles. The highest BCUT2D eigenvalue weighted by atomic mass is 16.1. The molecule has 0 saturated heterocycles. The maximum absolute atomic E-state index is 12.1. The van der Waals surface area contributed by atoms with Gasteiger partial charge in [0.1, 0.15) is 11.6 Å². The van der Waals surface area contributed by atoms with Gasteiger partial charge < -0.3 is 4.98 Å². The highest BCUT2D eigenvalue weighted by molar-refractivity contribution is 5.74. The number of imidazole rings is 1. The minimum atomic E-state index is -0.222. The average molecular weight is 319 g/mol. The fraction of sp³-hybridized carbons (Fsp3) is 0.167. The van der Waals surface area contributed by atoms with E-state index in [4.69, 9.17) is 0 Å². The van der Waals surface area contributed by atoms with E-state index in [-0.39, 0.29) is 5.69 Å². The molecular weight excluding hydrogens is 302 g/mol. The minimum absolute atomic E-state index is 0.222. The summed E-state index contributed by atoms with van der Waals surface area (Å²) in [7, 11) is 0. The Morgan fingerprint density at radius 2 is 1.96 bits per heavy atom. The van der Waals surface area contributed by atoms with E-state index in [1.54, 1.807) is 4.57 Å². The van der Waals surface area contributed by atoms with Gasteiger partial charge in [0.2, 0.25) is 0 Å². The van der Waals surface area contributed by atoms with Gasteiger partial charge in [-0.2, -0.15) is 5.10 Å². The predicted octanol–water partition coefficient (Wildman–Crippen LogP) is 2.53. The Morgan fingerprint density at radius 1 is 1.08 bits per heavy atom. The number of para-hydroxylation sites is 2. The number of hydrogen-bond donors (Lipinski definition) is 2. The quantitative estimate of drug-likeness (QED) is 0.606. The maximum atomic E-state index is 12.1. The summed E-state index contributed by atoms with van der Waals surface area (Å²) in [5.41, 5.74) is 3.67. The third-order valence-corrected chi connectivity index (χ3v) is 4.03. The molecule has 4 rings (SSSR count). The Labute approximate surface area is 138 Å². The first kappa shape index (κ1) is 14.4. The topological polar surface area (TPSA) is 79.4 Å². The minimum Gasteiger partial charge on any atom is -0.342 e. The lowest BCUT2D eigenvalue weighted by atomic mass is 10.2. The zero-order chi connectivity index (χ0) is 16.5. The summed E-state index contributed by atoms with van der Waals surface area (Å²) >= 11 is 0. The first-order chi connectivity index (χ1) is 11.7. The molecule has 0 bridgehead atoms. The molecule has 0 amide bonds. The number of fused-ring (bicyclic) bond motifs is 1. The SMILES string of the molecule is Cc1cccc(-n2c(CCc3nc4ccccc4[nH]3)n[nH]c2=O)c1. The first-order valence-corrected chi connectivity index (χ1v) is 7.88. The normalized spacial score (nSPS) is 11.2. The molecule has 0 aliphatic carbocycles. The Morgan fingerprint density at radius 3 is 2.79 bits per heavy atom. The Hall–Kier alpha value is -3.15. The summed E-state index contributed by atoms with van der Waals surface area (Å²) in [4.78, 5) is 20.0. The lowest BCUT2D eigenvalue weighted by Gasteiger charge is -2.06. The van der Waals surface area contributed by atoms with Crippen molar-refractivity contribution in [2.24, 2.45) is 0 Å². The molecule has 0 fully saturated rings. The van der Waals surface area contributed by atoms with Crippen molar-refractivity contribution in [3.63, 3.8) is 0 Å². The first-order valence-electron chi connectivity index (χ1n) is 7.88. The number of H-pyrrole nitrogens is 2. The van der Waals surface area contributed by atoms with Gasteiger partial charge in [-0.25, -0.2) is 19.4 Å². The van der Waals surface area contributed by atoms with Crippen molar-refractivity contribution in [2.75, 3.05) is 0 Å². The molecule has 0 atom stereocenters. The standard InChI is InChI=1S/C18H17N5O/c1-12-5-4-6-13(11-12)23-17(21-22-18(23)24)10-9-16-19-14-7-2-3-8-15(14)20-16/h2-8,11H,9-10H2,1H3,(H,19,20)(H,22,24). The van der Waals surface area contributed by atoms with Crippen LogP contribution >= 0.6 is 0 Å². The number of nitrogens with zero attached hydrogens (tertiary/aromatic N) is 3. The van der Waals surface area contributed by atoms with Crippen molar-refractivity contribution >= 4 is 11.0 Å². The van der Waals surface area contributed by atoms with Crippen LogP contribution in [0, 0.1) is 6.92 Å². The van der Waals surface area contributed by atoms with Crippen LogP contribution in [-0.2, 0) is 12.8 Å². The number of hydrogen-bond acceptors (Lipinski definition) is 3. The zero-order valence-corrected chi connectivity index (χ0v) is 13.3. The largest absolute Gasteiger partial charge is 0.347 e. The summed E-state index contributed by atoms with van der Waals surface area (Å²) in [5, 5.41) is 6.72. The fourth-order valence-electron chi connectivity index (χ4n) is 2.88. The Balaban J connectivity index is 1.62. The Kier molecular flexibility index (Phi) is 3.49. The molecule has 2 heterocycles. The van der Waals surface area contributed by atoms with Crippen LogP contribution in [0.2, 0.25) is 0 Å². The molecular formula is C18H17N5O. The van der Waals surface area contributed by atoms with Crippen LogP contribution in [-0.4, -0.2) is 24.7 Å². The third kappa shape index (κ3) is 2.62. The second-order valence-corrected chi connectivity index (χ2v) is 5.82. The van der Waals surface area contributed by atoms with Crippen LogP contribution in [0.5, 0.6) is 0 Å². The van der Waals surface area contributed by atoms with Crippen molar-refractivity contribution < 1.29 is 0 Å². The van der Waals surface area contributed by atoms with Crippen LogP contribution in [0.25, 0.3) is 16.7 Å². The van der Waals surface area contributed by atoms with Crippen molar-refractivity contribution in [1.82, 2.24) is 24.7 Å². The highest BCUT2D eigenvalue weighted by Crippen LogP contribution is 2.13. The average Bonchev–Trinajstić information content (AvgIpc) is 3.15. The molecule has 0 spiro atoms. The van der Waals surface area contributed by atoms with Crippen LogP contribution in [0.4, 0.5) is 0 Å². The molecule has 0 aliphatic rings. The van der Waals surface area contributed by atoms with Gasteiger partial charge in [-0.3, -0.25) is 0 Å². The number of aromatic nitrogens is 5. The van der Waals surface area contributed by atoms with Crippen molar-refractivity contribution in [2.45, 2.75) is 19.8 Å². The van der Waals surface area contributed by atoms with Crippen LogP contribution in [0.3, 0.4) is 0 Å². The fourth-order valence-corrected chi connectivity index (χ4v) is 2.88. The van der Waals surface area contributed by atoms with E-state index in [1.807, 2.05) is 55.5 Å². The van der Waals surface area contributed by atoms with E-state index in [1.165, 1.54) is 0 Å². The number of benzene rings is 2. The monoisotopic (exact) mass is 319 g/mol. The Bertz CT molecular complexity index is 1020. The molecule has 2 N–H and O–H groups in total. The van der Waals surface area contributed by atoms with Gasteiger partial charge in [-0.15, -0.1) is 0 Å². The van der Waals surface area contributed by atoms with Gasteiger partial charge in [-0.05, 0) is 36.8 Å². The van der Waals surface area contributed by atoms with Gasteiger partial charge in [-0.1, -0.05) is 24.3 Å². The number of aryl methyl sites for hydroxylation is 3. The summed E-state index contributed by atoms with van der Waals surface area (Å²) in [6.45, 7) is 2.00. The molecule has 0 radical (unpaired) electrons. The molecule has 6 nitrogen and oxygen atoms in total. The van der Waals surface area contributed by atoms with Gasteiger partial charge >= 0.3 is 5.69 Å². The second-order valence-electron chi connectivity index (χ2n) is 5.82. The molecule has 6 heteroatoms. The van der Waals surface area contributed by atoms with Crippen LogP contribution in [0.1, 0.15) is 17.2 Å². The molecule has 4 aromatic rings. The van der Waals surface area contributed by atoms with Gasteiger partial charge in [0.25, 0.3) is 0 Å². The van der Waals surface area contributed by atoms with E-state index in [2.05, 4.69) is 20.2 Å². The lowest BCUT2D eigenvalue weighted by molar-refractivity contribution is 0.790. The third-order valence-electron chi connectivity index (χ3n) is 4.03. The molecule has 0 unspecified atom stereocenters. The molecule has 2 aromatic heterocycles. The van der Waals surface area contributed by atoms with E-state index in [9.17, 15) is 4.79 Å².